The van der Waals surface area contributed by atoms with Crippen molar-refractivity contribution in [3.8, 4) is 0 Å². The predicted octanol–water partition coefficient (Wildman–Crippen LogP) is 2.80. The SMILES string of the molecule is CC[C@@]1(CCO)CCCN(C(=O)OC(C)(C)C)C1. The maximum Gasteiger partial charge on any atom is 0.410 e. The first-order valence-electron chi connectivity index (χ1n) is 6.91. The molecule has 0 aromatic rings. The highest BCUT2D eigenvalue weighted by Crippen LogP contribution is 2.36. The van der Waals surface area contributed by atoms with Gasteiger partial charge in [0.05, 0.1) is 0 Å². The van der Waals surface area contributed by atoms with Crippen LogP contribution in [0.2, 0.25) is 0 Å². The molecule has 0 bridgehead atoms. The second kappa shape index (κ2) is 5.91. The third kappa shape index (κ3) is 4.16. The van der Waals surface area contributed by atoms with Crippen molar-refractivity contribution in [2.24, 2.45) is 5.41 Å². The lowest BCUT2D eigenvalue weighted by atomic mass is 9.75. The summed E-state index contributed by atoms with van der Waals surface area (Å²) in [6.45, 7) is 9.45. The normalized spacial score (nSPS) is 25.1. The molecule has 1 rings (SSSR count). The molecule has 0 unspecified atom stereocenters. The molecule has 1 aliphatic heterocycles. The van der Waals surface area contributed by atoms with Gasteiger partial charge < -0.3 is 14.7 Å². The van der Waals surface area contributed by atoms with Crippen LogP contribution in [0.4, 0.5) is 4.79 Å². The fourth-order valence-corrected chi connectivity index (χ4v) is 2.60. The Hall–Kier alpha value is -0.770. The Morgan fingerprint density at radius 3 is 2.61 bits per heavy atom. The zero-order valence-electron chi connectivity index (χ0n) is 12.2. The largest absolute Gasteiger partial charge is 0.444 e. The summed E-state index contributed by atoms with van der Waals surface area (Å²) in [4.78, 5) is 13.9. The quantitative estimate of drug-likeness (QED) is 0.845. The zero-order chi connectivity index (χ0) is 13.8. The molecule has 0 aliphatic carbocycles. The van der Waals surface area contributed by atoms with Crippen molar-refractivity contribution in [2.45, 2.75) is 59.0 Å². The summed E-state index contributed by atoms with van der Waals surface area (Å²) < 4.78 is 5.42. The lowest BCUT2D eigenvalue weighted by molar-refractivity contribution is -0.00141. The van der Waals surface area contributed by atoms with Gasteiger partial charge in [0.15, 0.2) is 0 Å². The van der Waals surface area contributed by atoms with Crippen LogP contribution in [0.15, 0.2) is 0 Å². The predicted molar refractivity (Wildman–Crippen MR) is 71.5 cm³/mol. The second-order valence-electron chi connectivity index (χ2n) is 6.33. The molecule has 1 saturated heterocycles. The minimum absolute atomic E-state index is 0.0733. The maximum absolute atomic E-state index is 12.1. The minimum atomic E-state index is -0.444. The number of ether oxygens (including phenoxy) is 1. The van der Waals surface area contributed by atoms with E-state index in [2.05, 4.69) is 6.92 Å². The standard InChI is InChI=1S/C14H27NO3/c1-5-14(8-10-16)7-6-9-15(11-14)12(17)18-13(2,3)4/h16H,5-11H2,1-4H3/t14-/m0/s1. The van der Waals surface area contributed by atoms with Crippen LogP contribution in [0.5, 0.6) is 0 Å². The molecular formula is C14H27NO3. The topological polar surface area (TPSA) is 49.8 Å². The number of aliphatic hydroxyl groups is 1. The molecular weight excluding hydrogens is 230 g/mol. The zero-order valence-corrected chi connectivity index (χ0v) is 12.2. The number of piperidine rings is 1. The summed E-state index contributed by atoms with van der Waals surface area (Å²) in [7, 11) is 0. The lowest BCUT2D eigenvalue weighted by Crippen LogP contribution is -2.48. The maximum atomic E-state index is 12.1. The molecule has 0 spiro atoms. The van der Waals surface area contributed by atoms with E-state index in [4.69, 9.17) is 4.74 Å². The van der Waals surface area contributed by atoms with Crippen molar-refractivity contribution >= 4 is 6.09 Å². The van der Waals surface area contributed by atoms with Gasteiger partial charge in [-0.2, -0.15) is 0 Å². The molecule has 1 amide bonds. The highest BCUT2D eigenvalue weighted by molar-refractivity contribution is 5.68. The fraction of sp³-hybridized carbons (Fsp3) is 0.929. The molecule has 1 aliphatic rings. The average Bonchev–Trinajstić information content (AvgIpc) is 2.27. The first kappa shape index (κ1) is 15.3. The van der Waals surface area contributed by atoms with Crippen LogP contribution < -0.4 is 0 Å². The van der Waals surface area contributed by atoms with Crippen LogP contribution in [0.3, 0.4) is 0 Å². The summed E-state index contributed by atoms with van der Waals surface area (Å²) in [6, 6.07) is 0. The van der Waals surface area contributed by atoms with E-state index in [0.717, 1.165) is 32.2 Å². The molecule has 1 atom stereocenters. The van der Waals surface area contributed by atoms with Crippen molar-refractivity contribution in [3.63, 3.8) is 0 Å². The number of nitrogens with zero attached hydrogens (tertiary/aromatic N) is 1. The summed E-state index contributed by atoms with van der Waals surface area (Å²) in [5.74, 6) is 0. The van der Waals surface area contributed by atoms with Crippen LogP contribution in [0.1, 0.15) is 53.4 Å². The molecule has 106 valence electrons. The summed E-state index contributed by atoms with van der Waals surface area (Å²) in [5.41, 5.74) is -0.371. The molecule has 0 saturated carbocycles. The van der Waals surface area contributed by atoms with Crippen molar-refractivity contribution < 1.29 is 14.6 Å². The van der Waals surface area contributed by atoms with Crippen LogP contribution >= 0.6 is 0 Å². The lowest BCUT2D eigenvalue weighted by Gasteiger charge is -2.42. The molecule has 18 heavy (non-hydrogen) atoms. The van der Waals surface area contributed by atoms with Gasteiger partial charge in [-0.3, -0.25) is 0 Å². The molecule has 4 heteroatoms. The number of likely N-dealkylation sites (tertiary alicyclic amines) is 1. The smallest absolute Gasteiger partial charge is 0.410 e. The monoisotopic (exact) mass is 257 g/mol. The highest BCUT2D eigenvalue weighted by Gasteiger charge is 2.36. The average molecular weight is 257 g/mol. The van der Waals surface area contributed by atoms with Crippen molar-refractivity contribution in [1.29, 1.82) is 0 Å². The Kier molecular flexibility index (Phi) is 5.02. The van der Waals surface area contributed by atoms with Crippen molar-refractivity contribution in [1.82, 2.24) is 4.90 Å². The van der Waals surface area contributed by atoms with Crippen molar-refractivity contribution in [2.75, 3.05) is 19.7 Å². The Morgan fingerprint density at radius 1 is 1.44 bits per heavy atom. The summed E-state index contributed by atoms with van der Waals surface area (Å²) >= 11 is 0. The van der Waals surface area contributed by atoms with Gasteiger partial charge in [-0.25, -0.2) is 4.79 Å². The molecule has 0 radical (unpaired) electrons. The number of carbonyl (C=O) groups excluding carboxylic acids is 1. The van der Waals surface area contributed by atoms with Gasteiger partial charge in [0.2, 0.25) is 0 Å². The van der Waals surface area contributed by atoms with E-state index in [9.17, 15) is 9.90 Å². The van der Waals surface area contributed by atoms with Gasteiger partial charge in [0.25, 0.3) is 0 Å². The minimum Gasteiger partial charge on any atom is -0.444 e. The number of rotatable bonds is 3. The molecule has 0 aromatic heterocycles. The van der Waals surface area contributed by atoms with Crippen LogP contribution in [-0.4, -0.2) is 41.4 Å². The van der Waals surface area contributed by atoms with E-state index < -0.39 is 5.60 Å². The number of amides is 1. The van der Waals surface area contributed by atoms with Gasteiger partial charge in [-0.05, 0) is 51.9 Å². The van der Waals surface area contributed by atoms with Crippen molar-refractivity contribution in [3.05, 3.63) is 0 Å². The Balaban J connectivity index is 2.65. The van der Waals surface area contributed by atoms with Gasteiger partial charge in [0, 0.05) is 19.7 Å². The Labute approximate surface area is 110 Å². The van der Waals surface area contributed by atoms with Gasteiger partial charge in [-0.1, -0.05) is 6.92 Å². The molecule has 4 nitrogen and oxygen atoms in total. The first-order chi connectivity index (χ1) is 8.32. The molecule has 1 fully saturated rings. The second-order valence-corrected chi connectivity index (χ2v) is 6.33. The van der Waals surface area contributed by atoms with Crippen LogP contribution in [0, 0.1) is 5.41 Å². The van der Waals surface area contributed by atoms with E-state index in [1.807, 2.05) is 20.8 Å². The molecule has 0 aromatic carbocycles. The van der Waals surface area contributed by atoms with E-state index in [1.54, 1.807) is 4.90 Å². The van der Waals surface area contributed by atoms with E-state index in [1.165, 1.54) is 0 Å². The van der Waals surface area contributed by atoms with Crippen LogP contribution in [-0.2, 0) is 4.74 Å². The van der Waals surface area contributed by atoms with E-state index >= 15 is 0 Å². The Bertz CT molecular complexity index is 281. The van der Waals surface area contributed by atoms with E-state index in [-0.39, 0.29) is 18.1 Å². The van der Waals surface area contributed by atoms with Gasteiger partial charge in [0.1, 0.15) is 5.60 Å². The number of hydrogen-bond acceptors (Lipinski definition) is 3. The molecule has 1 heterocycles. The third-order valence-electron chi connectivity index (χ3n) is 3.71. The molecule has 1 N–H and O–H groups in total. The highest BCUT2D eigenvalue weighted by atomic mass is 16.6. The number of aliphatic hydroxyl groups excluding tert-OH is 1. The number of hydrogen-bond donors (Lipinski definition) is 1. The Morgan fingerprint density at radius 2 is 2.11 bits per heavy atom. The fourth-order valence-electron chi connectivity index (χ4n) is 2.60. The summed E-state index contributed by atoms with van der Waals surface area (Å²) in [6.07, 6.45) is 3.62. The van der Waals surface area contributed by atoms with Crippen LogP contribution in [0.25, 0.3) is 0 Å². The number of carbonyl (C=O) groups is 1. The van der Waals surface area contributed by atoms with Gasteiger partial charge in [-0.15, -0.1) is 0 Å². The summed E-state index contributed by atoms with van der Waals surface area (Å²) in [5, 5.41) is 9.19. The van der Waals surface area contributed by atoms with Gasteiger partial charge >= 0.3 is 6.09 Å². The van der Waals surface area contributed by atoms with E-state index in [0.29, 0.717) is 6.54 Å². The first-order valence-corrected chi connectivity index (χ1v) is 6.91. The third-order valence-corrected chi connectivity index (χ3v) is 3.71.